The first kappa shape index (κ1) is 19.6. The summed E-state index contributed by atoms with van der Waals surface area (Å²) in [4.78, 5) is 30.3. The monoisotopic (exact) mass is 403 g/mol. The van der Waals surface area contributed by atoms with E-state index in [-0.39, 0.29) is 12.1 Å². The normalized spacial score (nSPS) is 10.9. The Morgan fingerprint density at radius 2 is 2.04 bits per heavy atom. The van der Waals surface area contributed by atoms with Crippen LogP contribution in [-0.4, -0.2) is 21.7 Å². The molecule has 0 atom stereocenters. The van der Waals surface area contributed by atoms with E-state index >= 15 is 0 Å². The van der Waals surface area contributed by atoms with Gasteiger partial charge in [-0.15, -0.1) is 11.3 Å². The Bertz CT molecular complexity index is 719. The summed E-state index contributed by atoms with van der Waals surface area (Å²) in [6, 6.07) is 1.77. The van der Waals surface area contributed by atoms with Crippen molar-refractivity contribution in [2.45, 2.75) is 53.2 Å². The number of amides is 1. The summed E-state index contributed by atoms with van der Waals surface area (Å²) in [7, 11) is 0. The lowest BCUT2D eigenvalue weighted by Crippen LogP contribution is -2.33. The zero-order valence-electron chi connectivity index (χ0n) is 13.9. The zero-order chi connectivity index (χ0) is 17.6. The molecule has 8 heteroatoms. The molecule has 0 bridgehead atoms. The highest BCUT2D eigenvalue weighted by Gasteiger charge is 2.16. The predicted molar refractivity (Wildman–Crippen MR) is 97.0 cm³/mol. The zero-order valence-corrected chi connectivity index (χ0v) is 16.4. The van der Waals surface area contributed by atoms with E-state index in [9.17, 15) is 9.59 Å². The van der Waals surface area contributed by atoms with Crippen molar-refractivity contribution in [2.75, 3.05) is 0 Å². The van der Waals surface area contributed by atoms with Crippen molar-refractivity contribution in [3.05, 3.63) is 26.0 Å². The van der Waals surface area contributed by atoms with Gasteiger partial charge in [0.2, 0.25) is 0 Å². The lowest BCUT2D eigenvalue weighted by atomic mass is 10.2. The van der Waals surface area contributed by atoms with Gasteiger partial charge in [0.05, 0.1) is 15.8 Å². The molecule has 2 rings (SSSR count). The molecule has 23 heavy (non-hydrogen) atoms. The molecule has 0 radical (unpaired) electrons. The minimum Gasteiger partial charge on any atom is -0.444 e. The van der Waals surface area contributed by atoms with Crippen molar-refractivity contribution < 1.29 is 9.53 Å². The van der Waals surface area contributed by atoms with Crippen LogP contribution in [0.1, 0.15) is 46.9 Å². The number of aromatic nitrogens is 2. The molecule has 128 valence electrons. The number of aromatic amines is 1. The van der Waals surface area contributed by atoms with Crippen LogP contribution >= 0.6 is 27.3 Å². The highest BCUT2D eigenvalue weighted by molar-refractivity contribution is 9.11. The molecule has 0 aliphatic carbocycles. The Balaban J connectivity index is 0.000000816. The van der Waals surface area contributed by atoms with Gasteiger partial charge in [-0.2, -0.15) is 0 Å². The molecule has 0 fully saturated rings. The van der Waals surface area contributed by atoms with E-state index in [1.807, 2.05) is 0 Å². The third-order valence-electron chi connectivity index (χ3n) is 2.20. The second-order valence-electron chi connectivity index (χ2n) is 5.84. The third kappa shape index (κ3) is 6.70. The van der Waals surface area contributed by atoms with E-state index in [2.05, 4.69) is 45.1 Å². The SMILES string of the molecule is CC(C)(C)OC(=O)NCc1nc2cc(Br)sc2c(=O)[nH]1.CCC. The van der Waals surface area contributed by atoms with Crippen LogP contribution in [0.25, 0.3) is 10.2 Å². The highest BCUT2D eigenvalue weighted by Crippen LogP contribution is 2.25. The summed E-state index contributed by atoms with van der Waals surface area (Å²) in [6.45, 7) is 9.69. The van der Waals surface area contributed by atoms with Crippen molar-refractivity contribution in [1.82, 2.24) is 15.3 Å². The van der Waals surface area contributed by atoms with Crippen molar-refractivity contribution >= 4 is 43.6 Å². The number of carbonyl (C=O) groups is 1. The van der Waals surface area contributed by atoms with Gasteiger partial charge in [-0.25, -0.2) is 9.78 Å². The fraction of sp³-hybridized carbons (Fsp3) is 0.533. The van der Waals surface area contributed by atoms with Crippen LogP contribution in [0, 0.1) is 0 Å². The minimum atomic E-state index is -0.562. The van der Waals surface area contributed by atoms with Crippen LogP contribution in [0.15, 0.2) is 14.6 Å². The molecule has 6 nitrogen and oxygen atoms in total. The largest absolute Gasteiger partial charge is 0.444 e. The van der Waals surface area contributed by atoms with Gasteiger partial charge in [0, 0.05) is 0 Å². The lowest BCUT2D eigenvalue weighted by Gasteiger charge is -2.19. The second kappa shape index (κ2) is 8.44. The average Bonchev–Trinajstić information content (AvgIpc) is 2.76. The smallest absolute Gasteiger partial charge is 0.408 e. The number of thiophene rings is 1. The molecule has 0 aliphatic rings. The second-order valence-corrected chi connectivity index (χ2v) is 8.27. The number of halogens is 1. The van der Waals surface area contributed by atoms with E-state index in [4.69, 9.17) is 4.74 Å². The van der Waals surface area contributed by atoms with Gasteiger partial charge in [0.25, 0.3) is 5.56 Å². The molecule has 2 N–H and O–H groups in total. The molecule has 0 spiro atoms. The standard InChI is InChI=1S/C12H14BrN3O3S.C3H8/c1-12(2,3)19-11(18)14-5-8-15-6-4-7(13)20-9(6)10(17)16-8;1-3-2/h4H,5H2,1-3H3,(H,14,18)(H,15,16,17);3H2,1-2H3. The maximum atomic E-state index is 11.8. The number of nitrogens with one attached hydrogen (secondary N) is 2. The Labute approximate surface area is 147 Å². The van der Waals surface area contributed by atoms with Crippen LogP contribution in [0.3, 0.4) is 0 Å². The van der Waals surface area contributed by atoms with Gasteiger partial charge in [0.1, 0.15) is 16.1 Å². The first-order valence-corrected chi connectivity index (χ1v) is 8.92. The Morgan fingerprint density at radius 1 is 1.43 bits per heavy atom. The van der Waals surface area contributed by atoms with E-state index in [0.717, 1.165) is 3.79 Å². The molecule has 1 amide bonds. The Hall–Kier alpha value is -1.41. The molecule has 0 aliphatic heterocycles. The molecule has 0 aromatic carbocycles. The quantitative estimate of drug-likeness (QED) is 0.786. The first-order chi connectivity index (χ1) is 10.7. The number of hydrogen-bond donors (Lipinski definition) is 2. The van der Waals surface area contributed by atoms with Gasteiger partial charge in [0.15, 0.2) is 0 Å². The summed E-state index contributed by atoms with van der Waals surface area (Å²) in [5.41, 5.74) is -0.175. The van der Waals surface area contributed by atoms with Gasteiger partial charge < -0.3 is 15.0 Å². The summed E-state index contributed by atoms with van der Waals surface area (Å²) in [6.07, 6.45) is 0.701. The van der Waals surface area contributed by atoms with Gasteiger partial charge in [-0.3, -0.25) is 4.79 Å². The highest BCUT2D eigenvalue weighted by atomic mass is 79.9. The van der Waals surface area contributed by atoms with E-state index < -0.39 is 11.7 Å². The predicted octanol–water partition coefficient (Wildman–Crippen LogP) is 4.19. The molecule has 2 aromatic rings. The molecular formula is C15H22BrN3O3S. The fourth-order valence-electron chi connectivity index (χ4n) is 1.51. The molecular weight excluding hydrogens is 382 g/mol. The van der Waals surface area contributed by atoms with E-state index in [1.54, 1.807) is 26.8 Å². The van der Waals surface area contributed by atoms with Crippen LogP contribution in [0.4, 0.5) is 4.79 Å². The summed E-state index contributed by atoms with van der Waals surface area (Å²) in [5, 5.41) is 2.55. The van der Waals surface area contributed by atoms with Crippen molar-refractivity contribution in [3.8, 4) is 0 Å². The number of rotatable bonds is 2. The van der Waals surface area contributed by atoms with Gasteiger partial charge >= 0.3 is 6.09 Å². The van der Waals surface area contributed by atoms with E-state index in [0.29, 0.717) is 16.0 Å². The summed E-state index contributed by atoms with van der Waals surface area (Å²) < 4.78 is 6.50. The number of fused-ring (bicyclic) bond motifs is 1. The van der Waals surface area contributed by atoms with Gasteiger partial charge in [-0.1, -0.05) is 20.3 Å². The molecule has 0 saturated heterocycles. The maximum Gasteiger partial charge on any atom is 0.408 e. The van der Waals surface area contributed by atoms with Crippen molar-refractivity contribution in [3.63, 3.8) is 0 Å². The number of alkyl carbamates (subject to hydrolysis) is 1. The van der Waals surface area contributed by atoms with Crippen LogP contribution in [-0.2, 0) is 11.3 Å². The number of nitrogens with zero attached hydrogens (tertiary/aromatic N) is 1. The maximum absolute atomic E-state index is 11.8. The average molecular weight is 404 g/mol. The number of H-pyrrole nitrogens is 1. The Morgan fingerprint density at radius 3 is 2.61 bits per heavy atom. The fourth-order valence-corrected chi connectivity index (χ4v) is 2.93. The van der Waals surface area contributed by atoms with Crippen LogP contribution in [0.5, 0.6) is 0 Å². The summed E-state index contributed by atoms with van der Waals surface area (Å²) >= 11 is 4.63. The van der Waals surface area contributed by atoms with Crippen LogP contribution < -0.4 is 10.9 Å². The lowest BCUT2D eigenvalue weighted by molar-refractivity contribution is 0.0522. The number of hydrogen-bond acceptors (Lipinski definition) is 5. The van der Waals surface area contributed by atoms with Gasteiger partial charge in [-0.05, 0) is 42.8 Å². The molecule has 2 aromatic heterocycles. The summed E-state index contributed by atoms with van der Waals surface area (Å²) in [5.74, 6) is 0.388. The van der Waals surface area contributed by atoms with Crippen LogP contribution in [0.2, 0.25) is 0 Å². The molecule has 2 heterocycles. The minimum absolute atomic E-state index is 0.105. The molecule has 0 unspecified atom stereocenters. The number of ether oxygens (including phenoxy) is 1. The van der Waals surface area contributed by atoms with E-state index in [1.165, 1.54) is 17.8 Å². The Kier molecular flexibility index (Phi) is 7.21. The van der Waals surface area contributed by atoms with Crippen molar-refractivity contribution in [1.29, 1.82) is 0 Å². The third-order valence-corrected chi connectivity index (χ3v) is 3.83. The van der Waals surface area contributed by atoms with Crippen molar-refractivity contribution in [2.24, 2.45) is 0 Å². The topological polar surface area (TPSA) is 84.1 Å². The molecule has 0 saturated carbocycles. The first-order valence-electron chi connectivity index (χ1n) is 7.31. The number of carbonyl (C=O) groups excluding carboxylic acids is 1.